The molecule has 0 aromatic heterocycles. The second-order valence-corrected chi connectivity index (χ2v) is 8.45. The van der Waals surface area contributed by atoms with Crippen molar-refractivity contribution in [3.05, 3.63) is 17.7 Å². The monoisotopic (exact) mass is 264 g/mol. The largest absolute Gasteiger partial charge is 0.496 e. The smallest absolute Gasteiger partial charge is 0.125 e. The van der Waals surface area contributed by atoms with Gasteiger partial charge in [0.1, 0.15) is 11.5 Å². The normalized spacial score (nSPS) is 16.3. The van der Waals surface area contributed by atoms with Gasteiger partial charge in [0.2, 0.25) is 0 Å². The van der Waals surface area contributed by atoms with E-state index in [-0.39, 0.29) is 0 Å². The van der Waals surface area contributed by atoms with Gasteiger partial charge in [-0.1, -0.05) is 31.1 Å². The summed E-state index contributed by atoms with van der Waals surface area (Å²) in [7, 11) is 2.73. The van der Waals surface area contributed by atoms with Gasteiger partial charge in [0.05, 0.1) is 23.0 Å². The lowest BCUT2D eigenvalue weighted by atomic mass is 9.95. The molecule has 1 aromatic rings. The molecule has 18 heavy (non-hydrogen) atoms. The summed E-state index contributed by atoms with van der Waals surface area (Å²) >= 11 is 0. The highest BCUT2D eigenvalue weighted by Gasteiger charge is 2.25. The van der Waals surface area contributed by atoms with Gasteiger partial charge in [-0.2, -0.15) is 0 Å². The summed E-state index contributed by atoms with van der Waals surface area (Å²) in [6.07, 6.45) is 5.20. The Morgan fingerprint density at radius 1 is 1.00 bits per heavy atom. The average Bonchev–Trinajstić information content (AvgIpc) is 2.90. The average molecular weight is 264 g/mol. The highest BCUT2D eigenvalue weighted by atomic mass is 28.3. The van der Waals surface area contributed by atoms with Gasteiger partial charge in [0, 0.05) is 5.56 Å². The van der Waals surface area contributed by atoms with Crippen LogP contribution in [0.2, 0.25) is 13.1 Å². The zero-order chi connectivity index (χ0) is 13.1. The molecule has 1 saturated carbocycles. The van der Waals surface area contributed by atoms with E-state index in [1.54, 1.807) is 14.2 Å². The SMILES string of the molecule is COc1cc([SiH](C)C)cc(OC)c1C1CCCC1. The van der Waals surface area contributed by atoms with Crippen molar-refractivity contribution < 1.29 is 9.47 Å². The highest BCUT2D eigenvalue weighted by Crippen LogP contribution is 2.43. The molecule has 1 aliphatic rings. The third-order valence-electron chi connectivity index (χ3n) is 4.00. The summed E-state index contributed by atoms with van der Waals surface area (Å²) in [6, 6.07) is 4.49. The van der Waals surface area contributed by atoms with Gasteiger partial charge in [-0.15, -0.1) is 0 Å². The lowest BCUT2D eigenvalue weighted by molar-refractivity contribution is 0.379. The number of benzene rings is 1. The Kier molecular flexibility index (Phi) is 4.33. The van der Waals surface area contributed by atoms with Gasteiger partial charge < -0.3 is 9.47 Å². The van der Waals surface area contributed by atoms with Gasteiger partial charge in [-0.3, -0.25) is 0 Å². The van der Waals surface area contributed by atoms with Crippen LogP contribution in [0, 0.1) is 0 Å². The minimum atomic E-state index is -0.827. The van der Waals surface area contributed by atoms with Gasteiger partial charge in [-0.25, -0.2) is 0 Å². The van der Waals surface area contributed by atoms with Crippen molar-refractivity contribution in [2.75, 3.05) is 14.2 Å². The molecule has 3 heteroatoms. The lowest BCUT2D eigenvalue weighted by Gasteiger charge is -2.20. The van der Waals surface area contributed by atoms with Gasteiger partial charge >= 0.3 is 0 Å². The zero-order valence-electron chi connectivity index (χ0n) is 12.0. The topological polar surface area (TPSA) is 18.5 Å². The van der Waals surface area contributed by atoms with Crippen LogP contribution in [-0.4, -0.2) is 23.0 Å². The molecule has 0 spiro atoms. The molecule has 0 amide bonds. The maximum Gasteiger partial charge on any atom is 0.125 e. The molecule has 1 aromatic carbocycles. The van der Waals surface area contributed by atoms with E-state index in [2.05, 4.69) is 25.2 Å². The van der Waals surface area contributed by atoms with Crippen molar-refractivity contribution in [2.45, 2.75) is 44.7 Å². The summed E-state index contributed by atoms with van der Waals surface area (Å²) in [6.45, 7) is 4.67. The molecule has 0 unspecified atom stereocenters. The molecule has 2 rings (SSSR count). The summed E-state index contributed by atoms with van der Waals surface area (Å²) in [5.41, 5.74) is 1.30. The first-order valence-electron chi connectivity index (χ1n) is 6.93. The number of methoxy groups -OCH3 is 2. The second-order valence-electron chi connectivity index (χ2n) is 5.48. The van der Waals surface area contributed by atoms with Crippen molar-refractivity contribution >= 4 is 14.0 Å². The molecule has 100 valence electrons. The maximum atomic E-state index is 5.63. The third kappa shape index (κ3) is 2.56. The minimum absolute atomic E-state index is 0.623. The first-order valence-corrected chi connectivity index (χ1v) is 9.81. The van der Waals surface area contributed by atoms with Gasteiger partial charge in [0.15, 0.2) is 0 Å². The number of hydrogen-bond acceptors (Lipinski definition) is 2. The first-order chi connectivity index (χ1) is 8.67. The van der Waals surface area contributed by atoms with Crippen molar-refractivity contribution in [1.82, 2.24) is 0 Å². The fourth-order valence-corrected chi connectivity index (χ4v) is 3.88. The lowest BCUT2D eigenvalue weighted by Crippen LogP contribution is -2.23. The van der Waals surface area contributed by atoms with Crippen LogP contribution in [0.15, 0.2) is 12.1 Å². The van der Waals surface area contributed by atoms with Crippen molar-refractivity contribution in [1.29, 1.82) is 0 Å². The van der Waals surface area contributed by atoms with E-state index < -0.39 is 8.80 Å². The van der Waals surface area contributed by atoms with Gasteiger partial charge in [0.25, 0.3) is 0 Å². The summed E-state index contributed by atoms with van der Waals surface area (Å²) < 4.78 is 11.3. The molecular formula is C15H24O2Si. The van der Waals surface area contributed by atoms with Crippen LogP contribution >= 0.6 is 0 Å². The molecule has 0 N–H and O–H groups in total. The predicted octanol–water partition coefficient (Wildman–Crippen LogP) is 3.06. The highest BCUT2D eigenvalue weighted by molar-refractivity contribution is 6.70. The van der Waals surface area contributed by atoms with Gasteiger partial charge in [-0.05, 0) is 30.9 Å². The van der Waals surface area contributed by atoms with Crippen LogP contribution in [0.1, 0.15) is 37.2 Å². The Labute approximate surface area is 112 Å². The van der Waals surface area contributed by atoms with Crippen LogP contribution in [0.3, 0.4) is 0 Å². The standard InChI is InChI=1S/C15H24O2Si/c1-16-13-9-12(18(3)4)10-14(17-2)15(13)11-7-5-6-8-11/h9-11,18H,5-8H2,1-4H3. The Bertz CT molecular complexity index is 384. The third-order valence-corrected chi connectivity index (χ3v) is 5.66. The van der Waals surface area contributed by atoms with E-state index in [1.165, 1.54) is 36.4 Å². The van der Waals surface area contributed by atoms with E-state index in [0.29, 0.717) is 5.92 Å². The minimum Gasteiger partial charge on any atom is -0.496 e. The van der Waals surface area contributed by atoms with E-state index in [0.717, 1.165) is 11.5 Å². The fraction of sp³-hybridized carbons (Fsp3) is 0.600. The van der Waals surface area contributed by atoms with E-state index in [1.807, 2.05) is 0 Å². The molecule has 0 aliphatic heterocycles. The molecule has 1 fully saturated rings. The maximum absolute atomic E-state index is 5.63. The van der Waals surface area contributed by atoms with Crippen LogP contribution in [0.25, 0.3) is 0 Å². The molecular weight excluding hydrogens is 240 g/mol. The Hall–Kier alpha value is -0.963. The second kappa shape index (κ2) is 5.78. The Morgan fingerprint density at radius 3 is 1.89 bits per heavy atom. The fourth-order valence-electron chi connectivity index (χ4n) is 2.91. The number of ether oxygens (including phenoxy) is 2. The zero-order valence-corrected chi connectivity index (χ0v) is 13.1. The number of rotatable bonds is 4. The number of hydrogen-bond donors (Lipinski definition) is 0. The van der Waals surface area contributed by atoms with Crippen LogP contribution in [0.4, 0.5) is 0 Å². The molecule has 2 nitrogen and oxygen atoms in total. The van der Waals surface area contributed by atoms with Crippen molar-refractivity contribution in [2.24, 2.45) is 0 Å². The van der Waals surface area contributed by atoms with Crippen LogP contribution in [-0.2, 0) is 0 Å². The summed E-state index contributed by atoms with van der Waals surface area (Å²) in [5, 5.41) is 1.42. The van der Waals surface area contributed by atoms with Crippen LogP contribution in [0.5, 0.6) is 11.5 Å². The first kappa shape index (κ1) is 13.5. The predicted molar refractivity (Wildman–Crippen MR) is 79.3 cm³/mol. The Balaban J connectivity index is 2.48. The molecule has 0 saturated heterocycles. The quantitative estimate of drug-likeness (QED) is 0.778. The Morgan fingerprint density at radius 2 is 1.50 bits per heavy atom. The molecule has 0 heterocycles. The van der Waals surface area contributed by atoms with Crippen LogP contribution < -0.4 is 14.7 Å². The molecule has 0 radical (unpaired) electrons. The molecule has 0 bridgehead atoms. The van der Waals surface area contributed by atoms with Crippen molar-refractivity contribution in [3.8, 4) is 11.5 Å². The summed E-state index contributed by atoms with van der Waals surface area (Å²) in [5.74, 6) is 2.70. The molecule has 1 aliphatic carbocycles. The van der Waals surface area contributed by atoms with E-state index >= 15 is 0 Å². The summed E-state index contributed by atoms with van der Waals surface area (Å²) in [4.78, 5) is 0. The molecule has 0 atom stereocenters. The van der Waals surface area contributed by atoms with Crippen molar-refractivity contribution in [3.63, 3.8) is 0 Å². The van der Waals surface area contributed by atoms with E-state index in [4.69, 9.17) is 9.47 Å². The van der Waals surface area contributed by atoms with E-state index in [9.17, 15) is 0 Å².